The lowest BCUT2D eigenvalue weighted by atomic mass is 9.91. The minimum absolute atomic E-state index is 0.371. The Bertz CT molecular complexity index is 334. The van der Waals surface area contributed by atoms with Crippen LogP contribution in [0.4, 0.5) is 0 Å². The smallest absolute Gasteiger partial charge is 0.110 e. The van der Waals surface area contributed by atoms with Crippen LogP contribution in [0, 0.1) is 0 Å². The van der Waals surface area contributed by atoms with Gasteiger partial charge in [-0.15, -0.1) is 0 Å². The molecule has 1 aliphatic rings. The minimum atomic E-state index is -0.850. The maximum atomic E-state index is 10.0. The topological polar surface area (TPSA) is 29.5 Å². The van der Waals surface area contributed by atoms with Gasteiger partial charge in [0.05, 0.1) is 13.2 Å². The van der Waals surface area contributed by atoms with Crippen molar-refractivity contribution >= 4 is 15.9 Å². The molecule has 1 unspecified atom stereocenters. The lowest BCUT2D eigenvalue weighted by molar-refractivity contribution is -0.0603. The van der Waals surface area contributed by atoms with Crippen LogP contribution in [0.3, 0.4) is 0 Å². The van der Waals surface area contributed by atoms with Crippen molar-refractivity contribution in [2.45, 2.75) is 19.1 Å². The van der Waals surface area contributed by atoms with Crippen molar-refractivity contribution in [1.82, 2.24) is 0 Å². The van der Waals surface area contributed by atoms with Crippen molar-refractivity contribution in [2.75, 3.05) is 6.61 Å². The monoisotopic (exact) mass is 242 g/mol. The molecule has 0 spiro atoms. The Hall–Kier alpha value is -0.380. The van der Waals surface area contributed by atoms with E-state index in [9.17, 15) is 5.11 Å². The molecule has 1 aromatic carbocycles. The van der Waals surface area contributed by atoms with Crippen LogP contribution in [0.5, 0.6) is 0 Å². The van der Waals surface area contributed by atoms with Gasteiger partial charge in [-0.1, -0.05) is 22.0 Å². The minimum Gasteiger partial charge on any atom is -0.383 e. The van der Waals surface area contributed by atoms with Crippen molar-refractivity contribution in [3.8, 4) is 0 Å². The molecule has 0 aliphatic carbocycles. The van der Waals surface area contributed by atoms with E-state index in [0.29, 0.717) is 13.2 Å². The number of hydrogen-bond acceptors (Lipinski definition) is 2. The van der Waals surface area contributed by atoms with Gasteiger partial charge in [0, 0.05) is 4.47 Å². The first-order valence-electron chi connectivity index (χ1n) is 4.19. The molecule has 1 aromatic rings. The average Bonchev–Trinajstić information content (AvgIpc) is 2.06. The standard InChI is InChI=1S/C10H11BrO2/c1-10(12)6-13-5-7-2-3-8(11)4-9(7)10/h2-4,12H,5-6H2,1H3. The van der Waals surface area contributed by atoms with Crippen LogP contribution < -0.4 is 0 Å². The molecule has 70 valence electrons. The molecule has 3 heteroatoms. The van der Waals surface area contributed by atoms with E-state index in [1.165, 1.54) is 0 Å². The summed E-state index contributed by atoms with van der Waals surface area (Å²) in [7, 11) is 0. The number of rotatable bonds is 0. The van der Waals surface area contributed by atoms with Crippen LogP contribution in [0.2, 0.25) is 0 Å². The molecular formula is C10H11BrO2. The van der Waals surface area contributed by atoms with Crippen LogP contribution in [0.1, 0.15) is 18.1 Å². The second kappa shape index (κ2) is 3.08. The van der Waals surface area contributed by atoms with Crippen molar-refractivity contribution in [1.29, 1.82) is 0 Å². The van der Waals surface area contributed by atoms with Gasteiger partial charge < -0.3 is 9.84 Å². The highest BCUT2D eigenvalue weighted by Gasteiger charge is 2.30. The van der Waals surface area contributed by atoms with Crippen LogP contribution in [0.25, 0.3) is 0 Å². The first-order valence-corrected chi connectivity index (χ1v) is 4.98. The summed E-state index contributed by atoms with van der Waals surface area (Å²) in [6, 6.07) is 5.90. The third kappa shape index (κ3) is 1.64. The van der Waals surface area contributed by atoms with E-state index in [2.05, 4.69) is 15.9 Å². The highest BCUT2D eigenvalue weighted by molar-refractivity contribution is 9.10. The summed E-state index contributed by atoms with van der Waals surface area (Å²) in [5.41, 5.74) is 1.18. The van der Waals surface area contributed by atoms with Crippen molar-refractivity contribution in [3.63, 3.8) is 0 Å². The zero-order chi connectivity index (χ0) is 9.47. The van der Waals surface area contributed by atoms with E-state index in [-0.39, 0.29) is 0 Å². The summed E-state index contributed by atoms with van der Waals surface area (Å²) in [5.74, 6) is 0. The molecule has 1 aliphatic heterocycles. The summed E-state index contributed by atoms with van der Waals surface area (Å²) in [4.78, 5) is 0. The van der Waals surface area contributed by atoms with Crippen LogP contribution in [-0.2, 0) is 16.9 Å². The Morgan fingerprint density at radius 1 is 1.54 bits per heavy atom. The van der Waals surface area contributed by atoms with E-state index >= 15 is 0 Å². The van der Waals surface area contributed by atoms with Gasteiger partial charge in [-0.3, -0.25) is 0 Å². The molecule has 13 heavy (non-hydrogen) atoms. The van der Waals surface area contributed by atoms with Gasteiger partial charge in [0.15, 0.2) is 0 Å². The summed E-state index contributed by atoms with van der Waals surface area (Å²) in [5, 5.41) is 10.0. The SMILES string of the molecule is CC1(O)COCc2ccc(Br)cc21. The fraction of sp³-hybridized carbons (Fsp3) is 0.400. The fourth-order valence-electron chi connectivity index (χ4n) is 1.61. The summed E-state index contributed by atoms with van der Waals surface area (Å²) in [6.07, 6.45) is 0. The highest BCUT2D eigenvalue weighted by Crippen LogP contribution is 2.31. The number of fused-ring (bicyclic) bond motifs is 1. The molecule has 0 saturated heterocycles. The van der Waals surface area contributed by atoms with Gasteiger partial charge in [-0.25, -0.2) is 0 Å². The van der Waals surface area contributed by atoms with Crippen LogP contribution in [-0.4, -0.2) is 11.7 Å². The Labute approximate surface area is 85.7 Å². The van der Waals surface area contributed by atoms with Crippen LogP contribution in [0.15, 0.2) is 22.7 Å². The lowest BCUT2D eigenvalue weighted by Gasteiger charge is -2.31. The Morgan fingerprint density at radius 2 is 2.31 bits per heavy atom. The summed E-state index contributed by atoms with van der Waals surface area (Å²) in [6.45, 7) is 2.74. The second-order valence-electron chi connectivity index (χ2n) is 3.57. The van der Waals surface area contributed by atoms with Crippen molar-refractivity contribution in [2.24, 2.45) is 0 Å². The van der Waals surface area contributed by atoms with E-state index in [1.54, 1.807) is 6.92 Å². The average molecular weight is 243 g/mol. The number of halogens is 1. The number of aliphatic hydroxyl groups is 1. The van der Waals surface area contributed by atoms with Gasteiger partial charge in [-0.05, 0) is 30.2 Å². The Balaban J connectivity index is 2.55. The Kier molecular flexibility index (Phi) is 2.18. The molecule has 2 rings (SSSR count). The molecule has 1 heterocycles. The molecule has 1 N–H and O–H groups in total. The summed E-state index contributed by atoms with van der Waals surface area (Å²) < 4.78 is 6.28. The molecule has 0 amide bonds. The number of benzene rings is 1. The zero-order valence-electron chi connectivity index (χ0n) is 7.38. The predicted molar refractivity (Wildman–Crippen MR) is 53.4 cm³/mol. The Morgan fingerprint density at radius 3 is 3.08 bits per heavy atom. The molecule has 0 aromatic heterocycles. The van der Waals surface area contributed by atoms with Crippen LogP contribution >= 0.6 is 15.9 Å². The molecule has 1 atom stereocenters. The molecule has 2 nitrogen and oxygen atoms in total. The summed E-state index contributed by atoms with van der Waals surface area (Å²) >= 11 is 3.39. The number of hydrogen-bond donors (Lipinski definition) is 1. The normalized spacial score (nSPS) is 27.0. The third-order valence-electron chi connectivity index (χ3n) is 2.29. The van der Waals surface area contributed by atoms with Gasteiger partial charge in [0.2, 0.25) is 0 Å². The van der Waals surface area contributed by atoms with E-state index < -0.39 is 5.60 Å². The van der Waals surface area contributed by atoms with Gasteiger partial charge >= 0.3 is 0 Å². The quantitative estimate of drug-likeness (QED) is 0.756. The largest absolute Gasteiger partial charge is 0.383 e. The molecular weight excluding hydrogens is 232 g/mol. The third-order valence-corrected chi connectivity index (χ3v) is 2.79. The fourth-order valence-corrected chi connectivity index (χ4v) is 1.97. The van der Waals surface area contributed by atoms with Crippen molar-refractivity contribution < 1.29 is 9.84 Å². The van der Waals surface area contributed by atoms with E-state index in [0.717, 1.165) is 15.6 Å². The van der Waals surface area contributed by atoms with Gasteiger partial charge in [0.1, 0.15) is 5.60 Å². The predicted octanol–water partition coefficient (Wildman–Crippen LogP) is 2.19. The van der Waals surface area contributed by atoms with E-state index in [1.807, 2.05) is 18.2 Å². The molecule has 0 bridgehead atoms. The molecule has 0 fully saturated rings. The highest BCUT2D eigenvalue weighted by atomic mass is 79.9. The van der Waals surface area contributed by atoms with E-state index in [4.69, 9.17) is 4.74 Å². The lowest BCUT2D eigenvalue weighted by Crippen LogP contribution is -2.33. The zero-order valence-corrected chi connectivity index (χ0v) is 8.97. The van der Waals surface area contributed by atoms with Gasteiger partial charge in [0.25, 0.3) is 0 Å². The second-order valence-corrected chi connectivity index (χ2v) is 4.48. The maximum Gasteiger partial charge on any atom is 0.110 e. The first kappa shape index (κ1) is 9.19. The number of ether oxygens (including phenoxy) is 1. The first-order chi connectivity index (χ1) is 6.09. The molecule has 0 radical (unpaired) electrons. The van der Waals surface area contributed by atoms with Gasteiger partial charge in [-0.2, -0.15) is 0 Å². The maximum absolute atomic E-state index is 10.0. The molecule has 0 saturated carbocycles. The van der Waals surface area contributed by atoms with Crippen molar-refractivity contribution in [3.05, 3.63) is 33.8 Å².